The maximum absolute atomic E-state index is 7.60. The van der Waals surface area contributed by atoms with Crippen LogP contribution in [0.15, 0.2) is 24.5 Å². The Bertz CT molecular complexity index is 268. The molecule has 1 aliphatic rings. The first-order chi connectivity index (χ1) is 6.84. The number of pyridine rings is 1. The van der Waals surface area contributed by atoms with Crippen LogP contribution >= 0.6 is 0 Å². The highest BCUT2D eigenvalue weighted by atomic mass is 15.1. The second-order valence-electron chi connectivity index (χ2n) is 3.50. The van der Waals surface area contributed by atoms with Crippen molar-refractivity contribution in [1.29, 1.82) is 0 Å². The van der Waals surface area contributed by atoms with Gasteiger partial charge in [0.05, 0.1) is 0 Å². The number of hydrogen-bond donors (Lipinski definition) is 0. The van der Waals surface area contributed by atoms with Gasteiger partial charge in [-0.25, -0.2) is 0 Å². The molecule has 1 aromatic heterocycles. The van der Waals surface area contributed by atoms with Crippen molar-refractivity contribution < 1.29 is 1.37 Å². The largest absolute Gasteiger partial charge is 0.299 e. The molecule has 0 N–H and O–H groups in total. The summed E-state index contributed by atoms with van der Waals surface area (Å²) >= 11 is 0. The summed E-state index contributed by atoms with van der Waals surface area (Å²) in [5.74, 6) is 0. The Morgan fingerprint density at radius 2 is 2.31 bits per heavy atom. The van der Waals surface area contributed by atoms with E-state index in [4.69, 9.17) is 1.37 Å². The maximum Gasteiger partial charge on any atom is 0.0312 e. The van der Waals surface area contributed by atoms with E-state index in [1.807, 2.05) is 12.3 Å². The van der Waals surface area contributed by atoms with Gasteiger partial charge in [0.15, 0.2) is 0 Å². The topological polar surface area (TPSA) is 16.1 Å². The minimum atomic E-state index is 0.167. The molecule has 70 valence electrons. The predicted molar refractivity (Wildman–Crippen MR) is 53.4 cm³/mol. The Morgan fingerprint density at radius 3 is 3.00 bits per heavy atom. The Kier molecular flexibility index (Phi) is 2.53. The number of nitrogens with zero attached hydrogens (tertiary/aromatic N) is 2. The lowest BCUT2D eigenvalue weighted by atomic mass is 10.1. The van der Waals surface area contributed by atoms with Crippen molar-refractivity contribution in [2.45, 2.75) is 25.8 Å². The highest BCUT2D eigenvalue weighted by molar-refractivity contribution is 5.08. The minimum absolute atomic E-state index is 0.167. The zero-order valence-electron chi connectivity index (χ0n) is 8.82. The molecule has 0 atom stereocenters. The smallest absolute Gasteiger partial charge is 0.0312 e. The average Bonchev–Trinajstić information content (AvgIpc) is 2.23. The highest BCUT2D eigenvalue weighted by Gasteiger charge is 2.09. The molecule has 0 aliphatic carbocycles. The van der Waals surface area contributed by atoms with Gasteiger partial charge in [0.25, 0.3) is 0 Å². The zero-order valence-corrected chi connectivity index (χ0v) is 7.82. The molecule has 13 heavy (non-hydrogen) atoms. The van der Waals surface area contributed by atoms with Gasteiger partial charge in [-0.3, -0.25) is 9.88 Å². The van der Waals surface area contributed by atoms with Crippen molar-refractivity contribution in [3.05, 3.63) is 30.1 Å². The number of aromatic nitrogens is 1. The minimum Gasteiger partial charge on any atom is -0.299 e. The third kappa shape index (κ3) is 2.52. The van der Waals surface area contributed by atoms with Crippen LogP contribution in [0.4, 0.5) is 0 Å². The first kappa shape index (κ1) is 7.51. The lowest BCUT2D eigenvalue weighted by Crippen LogP contribution is -2.29. The fraction of sp³-hybridized carbons (Fsp3) is 0.545. The summed E-state index contributed by atoms with van der Waals surface area (Å²) in [5.41, 5.74) is 1.27. The Labute approximate surface area is 81.0 Å². The van der Waals surface area contributed by atoms with Gasteiger partial charge in [0.2, 0.25) is 0 Å². The van der Waals surface area contributed by atoms with Crippen molar-refractivity contribution in [2.75, 3.05) is 13.1 Å². The molecule has 2 nitrogen and oxygen atoms in total. The van der Waals surface area contributed by atoms with E-state index >= 15 is 0 Å². The third-order valence-corrected chi connectivity index (χ3v) is 2.43. The van der Waals surface area contributed by atoms with Crippen LogP contribution in [0.5, 0.6) is 0 Å². The molecule has 1 fully saturated rings. The van der Waals surface area contributed by atoms with E-state index in [-0.39, 0.29) is 6.40 Å². The quantitative estimate of drug-likeness (QED) is 0.687. The molecular formula is C11H16N2. The molecule has 0 aromatic carbocycles. The van der Waals surface area contributed by atoms with Crippen LogP contribution in [0.1, 0.15) is 26.2 Å². The molecule has 1 saturated heterocycles. The number of likely N-dealkylation sites (tertiary alicyclic amines) is 1. The van der Waals surface area contributed by atoms with Gasteiger partial charge in [0, 0.05) is 20.3 Å². The zero-order chi connectivity index (χ0) is 9.80. The number of piperidine rings is 1. The lowest BCUT2D eigenvalue weighted by Gasteiger charge is -2.26. The fourth-order valence-corrected chi connectivity index (χ4v) is 1.71. The summed E-state index contributed by atoms with van der Waals surface area (Å²) in [4.78, 5) is 6.51. The van der Waals surface area contributed by atoms with E-state index in [1.165, 1.54) is 5.56 Å². The molecule has 2 heteroatoms. The monoisotopic (exact) mass is 177 g/mol. The van der Waals surface area contributed by atoms with Gasteiger partial charge in [-0.2, -0.15) is 0 Å². The molecule has 1 aromatic rings. The maximum atomic E-state index is 7.60. The molecule has 2 heterocycles. The SMILES string of the molecule is [2H]C1CCN(Cc2cccnc2)CC1. The first-order valence-electron chi connectivity index (χ1n) is 5.46. The Morgan fingerprint density at radius 1 is 1.46 bits per heavy atom. The summed E-state index contributed by atoms with van der Waals surface area (Å²) in [6, 6.07) is 4.09. The molecule has 0 amide bonds. The molecule has 2 rings (SSSR count). The van der Waals surface area contributed by atoms with E-state index in [1.54, 1.807) is 6.20 Å². The van der Waals surface area contributed by atoms with Crippen LogP contribution in [0.3, 0.4) is 0 Å². The van der Waals surface area contributed by atoms with Gasteiger partial charge in [0.1, 0.15) is 0 Å². The van der Waals surface area contributed by atoms with Gasteiger partial charge in [-0.1, -0.05) is 12.5 Å². The lowest BCUT2D eigenvalue weighted by molar-refractivity contribution is 0.220. The molecular weight excluding hydrogens is 160 g/mol. The summed E-state index contributed by atoms with van der Waals surface area (Å²) in [5, 5.41) is 0. The summed E-state index contributed by atoms with van der Waals surface area (Å²) < 4.78 is 7.60. The van der Waals surface area contributed by atoms with E-state index in [0.717, 1.165) is 32.5 Å². The van der Waals surface area contributed by atoms with Gasteiger partial charge >= 0.3 is 0 Å². The van der Waals surface area contributed by atoms with Crippen molar-refractivity contribution in [2.24, 2.45) is 0 Å². The second kappa shape index (κ2) is 4.38. The molecule has 0 spiro atoms. The second-order valence-corrected chi connectivity index (χ2v) is 3.50. The van der Waals surface area contributed by atoms with Crippen molar-refractivity contribution >= 4 is 0 Å². The van der Waals surface area contributed by atoms with Gasteiger partial charge < -0.3 is 0 Å². The highest BCUT2D eigenvalue weighted by Crippen LogP contribution is 2.11. The van der Waals surface area contributed by atoms with Crippen molar-refractivity contribution in [3.63, 3.8) is 0 Å². The van der Waals surface area contributed by atoms with Crippen LogP contribution in [0.2, 0.25) is 0 Å². The van der Waals surface area contributed by atoms with Crippen LogP contribution in [0.25, 0.3) is 0 Å². The van der Waals surface area contributed by atoms with Crippen molar-refractivity contribution in [1.82, 2.24) is 9.88 Å². The Hall–Kier alpha value is -0.890. The normalized spacial score (nSPS) is 21.4. The van der Waals surface area contributed by atoms with Crippen LogP contribution in [-0.4, -0.2) is 23.0 Å². The molecule has 1 aliphatic heterocycles. The molecule has 0 bridgehead atoms. The van der Waals surface area contributed by atoms with Gasteiger partial charge in [-0.15, -0.1) is 0 Å². The number of rotatable bonds is 2. The summed E-state index contributed by atoms with van der Waals surface area (Å²) in [6.07, 6.45) is 5.92. The molecule has 0 radical (unpaired) electrons. The van der Waals surface area contributed by atoms with E-state index < -0.39 is 0 Å². The average molecular weight is 177 g/mol. The van der Waals surface area contributed by atoms with E-state index in [2.05, 4.69) is 16.0 Å². The van der Waals surface area contributed by atoms with E-state index in [0.29, 0.717) is 0 Å². The van der Waals surface area contributed by atoms with Crippen LogP contribution in [-0.2, 0) is 6.54 Å². The van der Waals surface area contributed by atoms with E-state index in [9.17, 15) is 0 Å². The standard InChI is InChI=1S/C11H16N2/c1-2-7-13(8-3-1)10-11-5-4-6-12-9-11/h4-6,9H,1-3,7-8,10H2/i1D. The van der Waals surface area contributed by atoms with Crippen LogP contribution in [0, 0.1) is 0 Å². The number of hydrogen-bond acceptors (Lipinski definition) is 2. The predicted octanol–water partition coefficient (Wildman–Crippen LogP) is 2.07. The Balaban J connectivity index is 1.87. The van der Waals surface area contributed by atoms with Crippen LogP contribution < -0.4 is 0 Å². The molecule has 0 unspecified atom stereocenters. The van der Waals surface area contributed by atoms with Crippen molar-refractivity contribution in [3.8, 4) is 0 Å². The fourth-order valence-electron chi connectivity index (χ4n) is 1.71. The third-order valence-electron chi connectivity index (χ3n) is 2.43. The first-order valence-corrected chi connectivity index (χ1v) is 4.88. The summed E-state index contributed by atoms with van der Waals surface area (Å²) in [6.45, 7) is 3.10. The summed E-state index contributed by atoms with van der Waals surface area (Å²) in [7, 11) is 0. The molecule has 0 saturated carbocycles. The van der Waals surface area contributed by atoms with Gasteiger partial charge in [-0.05, 0) is 37.6 Å².